The van der Waals surface area contributed by atoms with Crippen LogP contribution in [-0.4, -0.2) is 87.0 Å². The van der Waals surface area contributed by atoms with Crippen LogP contribution in [0.2, 0.25) is 4.34 Å². The molecule has 2 heterocycles. The highest BCUT2D eigenvalue weighted by molar-refractivity contribution is 7.18. The van der Waals surface area contributed by atoms with Crippen LogP contribution in [0.15, 0.2) is 30.3 Å². The first-order valence-electron chi connectivity index (χ1n) is 11.7. The third kappa shape index (κ3) is 9.95. The molecule has 1 aliphatic heterocycles. The number of rotatable bonds is 11. The van der Waals surface area contributed by atoms with Crippen LogP contribution >= 0.6 is 22.9 Å². The summed E-state index contributed by atoms with van der Waals surface area (Å²) in [5.41, 5.74) is -0.503. The molecule has 0 aliphatic carbocycles. The summed E-state index contributed by atoms with van der Waals surface area (Å²) in [6.45, 7) is -9.06. The second kappa shape index (κ2) is 13.8. The molecule has 0 saturated carbocycles. The number of anilines is 2. The number of carbonyl (C=O) groups excluding carboxylic acids is 3. The third-order valence-electron chi connectivity index (χ3n) is 5.50. The van der Waals surface area contributed by atoms with Crippen molar-refractivity contribution in [2.24, 2.45) is 0 Å². The van der Waals surface area contributed by atoms with Crippen molar-refractivity contribution in [1.29, 1.82) is 0 Å². The van der Waals surface area contributed by atoms with Gasteiger partial charge in [-0.3, -0.25) is 19.3 Å². The first kappa shape index (κ1) is 33.3. The molecular weight excluding hydrogens is 632 g/mol. The lowest BCUT2D eigenvalue weighted by atomic mass is 10.1. The molecule has 3 amide bonds. The number of ether oxygens (including phenoxy) is 2. The average molecular weight is 653 g/mol. The molecule has 1 atom stereocenters. The molecule has 1 aromatic heterocycles. The summed E-state index contributed by atoms with van der Waals surface area (Å²) in [7, 11) is 0. The smallest absolute Gasteiger partial charge is 0.401 e. The number of benzene rings is 1. The average Bonchev–Trinajstić information content (AvgIpc) is 3.29. The number of thiophene rings is 1. The van der Waals surface area contributed by atoms with Crippen molar-refractivity contribution in [2.75, 3.05) is 49.6 Å². The quantitative estimate of drug-likeness (QED) is 0.346. The van der Waals surface area contributed by atoms with E-state index >= 15 is 0 Å². The maximum atomic E-state index is 13.3. The molecule has 2 N–H and O–H groups in total. The van der Waals surface area contributed by atoms with E-state index in [1.807, 2.05) is 5.32 Å². The highest BCUT2D eigenvalue weighted by Gasteiger charge is 2.42. The summed E-state index contributed by atoms with van der Waals surface area (Å²) >= 11 is 6.51. The van der Waals surface area contributed by atoms with E-state index in [1.165, 1.54) is 18.2 Å². The number of halogens is 9. The standard InChI is InChI=1S/C23H21ClF8N4O5S/c24-17-4-3-16(42-17)20(39)33-8-14(35(10-22(27,28)29)11-23(30,31)32)19(38)34-13-2-1-12(7-15(13)41-21(25)26)36-5-6-40-9-18(36)37/h1-4,7,14,21H,5-6,8-11H2,(H,33,39)(H,34,38)/t14-/m0/s1. The van der Waals surface area contributed by atoms with E-state index in [1.54, 1.807) is 0 Å². The number of morpholine rings is 1. The fraction of sp³-hybridized carbons (Fsp3) is 0.435. The molecule has 1 aliphatic rings. The van der Waals surface area contributed by atoms with Gasteiger partial charge < -0.3 is 25.0 Å². The van der Waals surface area contributed by atoms with E-state index in [4.69, 9.17) is 16.3 Å². The Morgan fingerprint density at radius 3 is 2.31 bits per heavy atom. The van der Waals surface area contributed by atoms with E-state index in [9.17, 15) is 49.5 Å². The normalized spacial score (nSPS) is 15.2. The van der Waals surface area contributed by atoms with Crippen LogP contribution in [0.4, 0.5) is 46.5 Å². The first-order valence-corrected chi connectivity index (χ1v) is 12.9. The molecular formula is C23H21ClF8N4O5S. The molecule has 1 saturated heterocycles. The Bertz CT molecular complexity index is 1260. The van der Waals surface area contributed by atoms with Gasteiger partial charge in [0.1, 0.15) is 12.6 Å². The zero-order valence-corrected chi connectivity index (χ0v) is 22.6. The minimum Gasteiger partial charge on any atom is -0.433 e. The van der Waals surface area contributed by atoms with Crippen molar-refractivity contribution in [2.45, 2.75) is 25.0 Å². The summed E-state index contributed by atoms with van der Waals surface area (Å²) in [5.74, 6) is -3.71. The van der Waals surface area contributed by atoms with Gasteiger partial charge in [0.05, 0.1) is 34.6 Å². The van der Waals surface area contributed by atoms with Gasteiger partial charge in [0.2, 0.25) is 5.91 Å². The fourth-order valence-corrected chi connectivity index (χ4v) is 4.78. The highest BCUT2D eigenvalue weighted by atomic mass is 35.5. The van der Waals surface area contributed by atoms with Gasteiger partial charge in [0, 0.05) is 24.8 Å². The van der Waals surface area contributed by atoms with Gasteiger partial charge in [0.15, 0.2) is 5.75 Å². The predicted molar refractivity (Wildman–Crippen MR) is 134 cm³/mol. The Kier molecular flexibility index (Phi) is 11.0. The Labute approximate surface area is 241 Å². The second-order valence-corrected chi connectivity index (χ2v) is 10.3. The summed E-state index contributed by atoms with van der Waals surface area (Å²) in [5, 5.41) is 4.11. The van der Waals surface area contributed by atoms with Crippen molar-refractivity contribution in [3.05, 3.63) is 39.5 Å². The van der Waals surface area contributed by atoms with Crippen LogP contribution in [-0.2, 0) is 14.3 Å². The van der Waals surface area contributed by atoms with E-state index in [2.05, 4.69) is 10.1 Å². The van der Waals surface area contributed by atoms with Crippen molar-refractivity contribution in [3.63, 3.8) is 0 Å². The van der Waals surface area contributed by atoms with Gasteiger partial charge in [-0.05, 0) is 24.3 Å². The SMILES string of the molecule is O=C(NC[C@@H](C(=O)Nc1ccc(N2CCOCC2=O)cc1OC(F)F)N(CC(F)(F)F)CC(F)(F)F)c1ccc(Cl)s1. The Morgan fingerprint density at radius 1 is 1.10 bits per heavy atom. The van der Waals surface area contributed by atoms with Crippen LogP contribution in [0.25, 0.3) is 0 Å². The van der Waals surface area contributed by atoms with Crippen molar-refractivity contribution < 1.29 is 59.0 Å². The molecule has 1 fully saturated rings. The van der Waals surface area contributed by atoms with Crippen LogP contribution in [0.3, 0.4) is 0 Å². The summed E-state index contributed by atoms with van der Waals surface area (Å²) in [4.78, 5) is 38.6. The van der Waals surface area contributed by atoms with Crippen molar-refractivity contribution in [3.8, 4) is 5.75 Å². The molecule has 9 nitrogen and oxygen atoms in total. The molecule has 2 aromatic rings. The van der Waals surface area contributed by atoms with Gasteiger partial charge in [0.25, 0.3) is 11.8 Å². The Balaban J connectivity index is 1.93. The zero-order chi connectivity index (χ0) is 31.2. The molecule has 3 rings (SSSR count). The first-order chi connectivity index (χ1) is 19.5. The summed E-state index contributed by atoms with van der Waals surface area (Å²) in [6.07, 6.45) is -10.4. The number of hydrogen-bond donors (Lipinski definition) is 2. The van der Waals surface area contributed by atoms with Crippen LogP contribution in [0.5, 0.6) is 5.75 Å². The van der Waals surface area contributed by atoms with E-state index in [-0.39, 0.29) is 39.6 Å². The van der Waals surface area contributed by atoms with Crippen LogP contribution < -0.4 is 20.3 Å². The van der Waals surface area contributed by atoms with Crippen molar-refractivity contribution in [1.82, 2.24) is 10.2 Å². The number of amides is 3. The molecule has 19 heteroatoms. The third-order valence-corrected chi connectivity index (χ3v) is 6.73. The molecule has 232 valence electrons. The van der Waals surface area contributed by atoms with E-state index in [0.29, 0.717) is 0 Å². The number of alkyl halides is 8. The van der Waals surface area contributed by atoms with Crippen LogP contribution in [0, 0.1) is 0 Å². The number of carbonyl (C=O) groups is 3. The van der Waals surface area contributed by atoms with Gasteiger partial charge in [-0.2, -0.15) is 35.1 Å². The predicted octanol–water partition coefficient (Wildman–Crippen LogP) is 4.53. The van der Waals surface area contributed by atoms with Gasteiger partial charge >= 0.3 is 19.0 Å². The lowest BCUT2D eigenvalue weighted by Crippen LogP contribution is -2.55. The van der Waals surface area contributed by atoms with Gasteiger partial charge in [-0.25, -0.2) is 0 Å². The van der Waals surface area contributed by atoms with Crippen LogP contribution in [0.1, 0.15) is 9.67 Å². The highest BCUT2D eigenvalue weighted by Crippen LogP contribution is 2.33. The van der Waals surface area contributed by atoms with E-state index < -0.39 is 73.8 Å². The molecule has 1 aromatic carbocycles. The maximum absolute atomic E-state index is 13.3. The van der Waals surface area contributed by atoms with Gasteiger partial charge in [-0.15, -0.1) is 11.3 Å². The Hall–Kier alpha value is -3.22. The largest absolute Gasteiger partial charge is 0.433 e. The number of hydrogen-bond acceptors (Lipinski definition) is 7. The Morgan fingerprint density at radius 2 is 1.76 bits per heavy atom. The minimum absolute atomic E-state index is 0.0414. The lowest BCUT2D eigenvalue weighted by Gasteiger charge is -2.32. The second-order valence-electron chi connectivity index (χ2n) is 8.61. The fourth-order valence-electron chi connectivity index (χ4n) is 3.82. The minimum atomic E-state index is -5.20. The van der Waals surface area contributed by atoms with Crippen molar-refractivity contribution >= 4 is 52.0 Å². The summed E-state index contributed by atoms with van der Waals surface area (Å²) < 4.78 is 116. The maximum Gasteiger partial charge on any atom is 0.401 e. The molecule has 0 spiro atoms. The zero-order valence-electron chi connectivity index (χ0n) is 21.0. The van der Waals surface area contributed by atoms with E-state index in [0.717, 1.165) is 28.4 Å². The summed E-state index contributed by atoms with van der Waals surface area (Å²) in [6, 6.07) is 3.38. The lowest BCUT2D eigenvalue weighted by molar-refractivity contribution is -0.186. The molecule has 0 unspecified atom stereocenters. The number of nitrogens with one attached hydrogen (secondary N) is 2. The topological polar surface area (TPSA) is 100 Å². The molecule has 0 bridgehead atoms. The molecule has 42 heavy (non-hydrogen) atoms. The monoisotopic (exact) mass is 652 g/mol. The molecule has 0 radical (unpaired) electrons. The number of nitrogens with zero attached hydrogens (tertiary/aromatic N) is 2. The van der Waals surface area contributed by atoms with Gasteiger partial charge in [-0.1, -0.05) is 11.6 Å².